The van der Waals surface area contributed by atoms with E-state index in [1.807, 2.05) is 0 Å². The second-order valence-electron chi connectivity index (χ2n) is 4.89. The Morgan fingerprint density at radius 3 is 3.00 bits per heavy atom. The number of rotatable bonds is 3. The number of likely N-dealkylation sites (tertiary alicyclic amines) is 1. The van der Waals surface area contributed by atoms with Crippen LogP contribution < -0.4 is 0 Å². The number of carbonyl (C=O) groups excluding carboxylic acids is 2. The lowest BCUT2D eigenvalue weighted by molar-refractivity contribution is -0.136. The summed E-state index contributed by atoms with van der Waals surface area (Å²) in [5.74, 6) is -0.196. The molecular weight excluding hydrogens is 268 g/mol. The summed E-state index contributed by atoms with van der Waals surface area (Å²) in [6.07, 6.45) is 3.64. The van der Waals surface area contributed by atoms with E-state index in [0.29, 0.717) is 10.9 Å². The predicted octanol–water partition coefficient (Wildman–Crippen LogP) is 2.08. The van der Waals surface area contributed by atoms with Crippen LogP contribution in [-0.2, 0) is 9.53 Å². The summed E-state index contributed by atoms with van der Waals surface area (Å²) in [7, 11) is 0. The minimum Gasteiger partial charge on any atom is -0.451 e. The Balaban J connectivity index is 1.81. The first kappa shape index (κ1) is 13.9. The van der Waals surface area contributed by atoms with Crippen LogP contribution in [0.1, 0.15) is 30.3 Å². The van der Waals surface area contributed by atoms with E-state index in [1.54, 1.807) is 4.90 Å². The van der Waals surface area contributed by atoms with Crippen molar-refractivity contribution in [1.82, 2.24) is 9.88 Å². The highest BCUT2D eigenvalue weighted by atomic mass is 35.5. The van der Waals surface area contributed by atoms with Crippen LogP contribution in [-0.4, -0.2) is 41.5 Å². The van der Waals surface area contributed by atoms with Crippen molar-refractivity contribution in [3.05, 3.63) is 23.0 Å². The van der Waals surface area contributed by atoms with Gasteiger partial charge >= 0.3 is 5.97 Å². The van der Waals surface area contributed by atoms with E-state index in [1.165, 1.54) is 12.3 Å². The molecular formula is C13H17ClN2O3. The summed E-state index contributed by atoms with van der Waals surface area (Å²) < 4.78 is 4.97. The Labute approximate surface area is 116 Å². The highest BCUT2D eigenvalue weighted by Crippen LogP contribution is 2.15. The normalized spacial score (nSPS) is 19.3. The molecule has 6 heteroatoms. The van der Waals surface area contributed by atoms with E-state index in [-0.39, 0.29) is 18.2 Å². The lowest BCUT2D eigenvalue weighted by atomic mass is 10.0. The first-order valence-electron chi connectivity index (χ1n) is 6.35. The van der Waals surface area contributed by atoms with E-state index >= 15 is 0 Å². The number of ether oxygens (including phenoxy) is 1. The summed E-state index contributed by atoms with van der Waals surface area (Å²) in [5.41, 5.74) is 0.254. The minimum absolute atomic E-state index is 0.141. The Morgan fingerprint density at radius 2 is 2.37 bits per heavy atom. The van der Waals surface area contributed by atoms with Gasteiger partial charge in [0, 0.05) is 19.3 Å². The molecule has 1 aromatic heterocycles. The number of H-pyrrole nitrogens is 1. The van der Waals surface area contributed by atoms with E-state index in [0.717, 1.165) is 25.9 Å². The quantitative estimate of drug-likeness (QED) is 0.865. The molecule has 1 aliphatic heterocycles. The third-order valence-corrected chi connectivity index (χ3v) is 3.42. The molecule has 1 atom stereocenters. The maximum Gasteiger partial charge on any atom is 0.355 e. The van der Waals surface area contributed by atoms with Gasteiger partial charge in [0.25, 0.3) is 5.91 Å². The summed E-state index contributed by atoms with van der Waals surface area (Å²) >= 11 is 5.69. The summed E-state index contributed by atoms with van der Waals surface area (Å²) in [5, 5.41) is 0.433. The molecule has 0 saturated carbocycles. The van der Waals surface area contributed by atoms with Crippen LogP contribution in [0.3, 0.4) is 0 Å². The zero-order valence-electron chi connectivity index (χ0n) is 10.8. The number of nitrogens with one attached hydrogen (secondary N) is 1. The smallest absolute Gasteiger partial charge is 0.355 e. The van der Waals surface area contributed by atoms with Gasteiger partial charge in [-0.3, -0.25) is 4.79 Å². The van der Waals surface area contributed by atoms with Crippen molar-refractivity contribution in [3.63, 3.8) is 0 Å². The molecule has 104 valence electrons. The Kier molecular flexibility index (Phi) is 4.47. The van der Waals surface area contributed by atoms with Crippen molar-refractivity contribution in [2.75, 3.05) is 19.7 Å². The van der Waals surface area contributed by atoms with Crippen molar-refractivity contribution in [2.45, 2.75) is 19.8 Å². The molecule has 1 aliphatic rings. The van der Waals surface area contributed by atoms with Gasteiger partial charge in [0.1, 0.15) is 5.69 Å². The maximum atomic E-state index is 11.9. The zero-order valence-corrected chi connectivity index (χ0v) is 11.6. The number of carbonyl (C=O) groups is 2. The van der Waals surface area contributed by atoms with Crippen LogP contribution in [0.25, 0.3) is 0 Å². The maximum absolute atomic E-state index is 11.9. The summed E-state index contributed by atoms with van der Waals surface area (Å²) in [6, 6.07) is 1.47. The first-order chi connectivity index (χ1) is 9.06. The summed E-state index contributed by atoms with van der Waals surface area (Å²) in [6.45, 7) is 3.38. The van der Waals surface area contributed by atoms with Gasteiger partial charge in [-0.05, 0) is 24.8 Å². The number of esters is 1. The Morgan fingerprint density at radius 1 is 1.58 bits per heavy atom. The number of nitrogens with zero attached hydrogens (tertiary/aromatic N) is 1. The Bertz CT molecular complexity index is 472. The molecule has 1 aromatic rings. The van der Waals surface area contributed by atoms with Gasteiger partial charge < -0.3 is 14.6 Å². The molecule has 19 heavy (non-hydrogen) atoms. The van der Waals surface area contributed by atoms with E-state index < -0.39 is 5.97 Å². The first-order valence-corrected chi connectivity index (χ1v) is 6.73. The molecule has 5 nitrogen and oxygen atoms in total. The molecule has 1 fully saturated rings. The molecule has 0 bridgehead atoms. The fraction of sp³-hybridized carbons (Fsp3) is 0.538. The second-order valence-corrected chi connectivity index (χ2v) is 5.33. The lowest BCUT2D eigenvalue weighted by Gasteiger charge is -2.30. The number of hydrogen-bond donors (Lipinski definition) is 1. The number of hydrogen-bond acceptors (Lipinski definition) is 3. The molecule has 1 saturated heterocycles. The fourth-order valence-electron chi connectivity index (χ4n) is 2.20. The van der Waals surface area contributed by atoms with Crippen LogP contribution in [0.15, 0.2) is 12.3 Å². The van der Waals surface area contributed by atoms with E-state index in [2.05, 4.69) is 11.9 Å². The highest BCUT2D eigenvalue weighted by molar-refractivity contribution is 6.30. The number of amides is 1. The number of aromatic amines is 1. The molecule has 0 aromatic carbocycles. The van der Waals surface area contributed by atoms with Gasteiger partial charge in [0.15, 0.2) is 6.61 Å². The van der Waals surface area contributed by atoms with Gasteiger partial charge in [0.2, 0.25) is 0 Å². The van der Waals surface area contributed by atoms with Crippen LogP contribution in [0, 0.1) is 5.92 Å². The molecule has 0 aliphatic carbocycles. The predicted molar refractivity (Wildman–Crippen MR) is 71.1 cm³/mol. The molecule has 0 unspecified atom stereocenters. The summed E-state index contributed by atoms with van der Waals surface area (Å²) in [4.78, 5) is 28.0. The van der Waals surface area contributed by atoms with Crippen molar-refractivity contribution in [1.29, 1.82) is 0 Å². The topological polar surface area (TPSA) is 62.4 Å². The monoisotopic (exact) mass is 284 g/mol. The Hall–Kier alpha value is -1.49. The number of halogens is 1. The molecule has 1 N–H and O–H groups in total. The molecule has 0 radical (unpaired) electrons. The van der Waals surface area contributed by atoms with Crippen molar-refractivity contribution in [3.8, 4) is 0 Å². The number of piperidine rings is 1. The largest absolute Gasteiger partial charge is 0.451 e. The van der Waals surface area contributed by atoms with Crippen molar-refractivity contribution >= 4 is 23.5 Å². The molecule has 2 heterocycles. The average Bonchev–Trinajstić information content (AvgIpc) is 2.82. The highest BCUT2D eigenvalue weighted by Gasteiger charge is 2.22. The van der Waals surface area contributed by atoms with Gasteiger partial charge in [0.05, 0.1) is 5.02 Å². The SMILES string of the molecule is C[C@H]1CCCN(C(=O)COC(=O)c2cc(Cl)c[nH]2)C1. The van der Waals surface area contributed by atoms with Crippen molar-refractivity contribution < 1.29 is 14.3 Å². The van der Waals surface area contributed by atoms with E-state index in [4.69, 9.17) is 16.3 Å². The van der Waals surface area contributed by atoms with Gasteiger partial charge in [-0.1, -0.05) is 18.5 Å². The van der Waals surface area contributed by atoms with Crippen LogP contribution in [0.2, 0.25) is 5.02 Å². The molecule has 2 rings (SSSR count). The standard InChI is InChI=1S/C13H17ClN2O3/c1-9-3-2-4-16(7-9)12(17)8-19-13(18)11-5-10(14)6-15-11/h5-6,9,15H,2-4,7-8H2,1H3/t9-/m0/s1. The third-order valence-electron chi connectivity index (χ3n) is 3.20. The third kappa shape index (κ3) is 3.73. The van der Waals surface area contributed by atoms with Crippen molar-refractivity contribution in [2.24, 2.45) is 5.92 Å². The average molecular weight is 285 g/mol. The van der Waals surface area contributed by atoms with E-state index in [9.17, 15) is 9.59 Å². The molecule has 1 amide bonds. The minimum atomic E-state index is -0.565. The van der Waals surface area contributed by atoms with Gasteiger partial charge in [-0.25, -0.2) is 4.79 Å². The van der Waals surface area contributed by atoms with Crippen LogP contribution >= 0.6 is 11.6 Å². The molecule has 0 spiro atoms. The fourth-order valence-corrected chi connectivity index (χ4v) is 2.36. The van der Waals surface area contributed by atoms with Gasteiger partial charge in [-0.2, -0.15) is 0 Å². The number of aromatic nitrogens is 1. The second kappa shape index (κ2) is 6.10. The van der Waals surface area contributed by atoms with Crippen LogP contribution in [0.5, 0.6) is 0 Å². The zero-order chi connectivity index (χ0) is 13.8. The lowest BCUT2D eigenvalue weighted by Crippen LogP contribution is -2.41. The van der Waals surface area contributed by atoms with Gasteiger partial charge in [-0.15, -0.1) is 0 Å². The van der Waals surface area contributed by atoms with Crippen LogP contribution in [0.4, 0.5) is 0 Å².